The Morgan fingerprint density at radius 2 is 2.14 bits per heavy atom. The topological polar surface area (TPSA) is 35.5 Å². The number of hydrogen-bond acceptors (Lipinski definition) is 3. The molecule has 2 fully saturated rings. The number of carbonyl (C=O) groups is 1. The number of ketones is 1. The minimum absolute atomic E-state index is 0.0428. The van der Waals surface area contributed by atoms with Crippen LogP contribution in [0.25, 0.3) is 0 Å². The Morgan fingerprint density at radius 1 is 1.36 bits per heavy atom. The molecule has 2 saturated carbocycles. The Labute approximate surface area is 84.8 Å². The summed E-state index contributed by atoms with van der Waals surface area (Å²) in [5.41, 5.74) is 0. The Hall–Kier alpha value is -0.410. The summed E-state index contributed by atoms with van der Waals surface area (Å²) in [6, 6.07) is 0. The predicted molar refractivity (Wildman–Crippen MR) is 52.1 cm³/mol. The van der Waals surface area contributed by atoms with E-state index in [2.05, 4.69) is 0 Å². The highest BCUT2D eigenvalue weighted by Crippen LogP contribution is 2.33. The van der Waals surface area contributed by atoms with Gasteiger partial charge >= 0.3 is 0 Å². The summed E-state index contributed by atoms with van der Waals surface area (Å²) in [6.07, 6.45) is 4.21. The highest BCUT2D eigenvalue weighted by molar-refractivity contribution is 5.90. The van der Waals surface area contributed by atoms with Crippen LogP contribution in [0, 0.1) is 5.92 Å². The summed E-state index contributed by atoms with van der Waals surface area (Å²) in [6.45, 7) is 3.30. The monoisotopic (exact) mass is 198 g/mol. The van der Waals surface area contributed by atoms with Gasteiger partial charge in [-0.25, -0.2) is 0 Å². The van der Waals surface area contributed by atoms with Crippen molar-refractivity contribution >= 4 is 5.78 Å². The average Bonchev–Trinajstić information content (AvgIpc) is 2.97. The first kappa shape index (κ1) is 10.1. The fourth-order valence-electron chi connectivity index (χ4n) is 1.79. The summed E-state index contributed by atoms with van der Waals surface area (Å²) in [5.74, 6) is 1.10. The first-order valence-electron chi connectivity index (χ1n) is 5.57. The Balaban J connectivity index is 1.62. The SMILES string of the molecule is CCOC1C(=O)CC1OCCC1CC1. The lowest BCUT2D eigenvalue weighted by atomic mass is 9.90. The third-order valence-electron chi connectivity index (χ3n) is 2.96. The van der Waals surface area contributed by atoms with Gasteiger partial charge in [0.15, 0.2) is 5.78 Å². The Bertz CT molecular complexity index is 211. The minimum Gasteiger partial charge on any atom is -0.375 e. The van der Waals surface area contributed by atoms with Crippen molar-refractivity contribution in [1.29, 1.82) is 0 Å². The molecule has 80 valence electrons. The maximum Gasteiger partial charge on any atom is 0.166 e. The predicted octanol–water partition coefficient (Wildman–Crippen LogP) is 1.55. The van der Waals surface area contributed by atoms with E-state index in [4.69, 9.17) is 9.47 Å². The molecule has 0 heterocycles. The van der Waals surface area contributed by atoms with Crippen molar-refractivity contribution in [2.75, 3.05) is 13.2 Å². The maximum atomic E-state index is 11.1. The highest BCUT2D eigenvalue weighted by atomic mass is 16.5. The van der Waals surface area contributed by atoms with Crippen LogP contribution in [0.1, 0.15) is 32.6 Å². The molecule has 0 bridgehead atoms. The zero-order valence-electron chi connectivity index (χ0n) is 8.70. The molecule has 0 radical (unpaired) electrons. The summed E-state index contributed by atoms with van der Waals surface area (Å²) in [4.78, 5) is 11.1. The molecule has 2 rings (SSSR count). The van der Waals surface area contributed by atoms with Gasteiger partial charge in [0.1, 0.15) is 6.10 Å². The van der Waals surface area contributed by atoms with E-state index in [9.17, 15) is 4.79 Å². The summed E-state index contributed by atoms with van der Waals surface area (Å²) in [7, 11) is 0. The molecule has 0 aliphatic heterocycles. The molecule has 0 amide bonds. The van der Waals surface area contributed by atoms with Crippen LogP contribution in [-0.4, -0.2) is 31.2 Å². The van der Waals surface area contributed by atoms with Gasteiger partial charge in [0.2, 0.25) is 0 Å². The zero-order chi connectivity index (χ0) is 9.97. The van der Waals surface area contributed by atoms with E-state index in [0.717, 1.165) is 18.9 Å². The average molecular weight is 198 g/mol. The Kier molecular flexibility index (Phi) is 3.19. The molecule has 2 aliphatic carbocycles. The van der Waals surface area contributed by atoms with Crippen LogP contribution >= 0.6 is 0 Å². The molecule has 0 aromatic carbocycles. The van der Waals surface area contributed by atoms with E-state index in [1.807, 2.05) is 6.92 Å². The van der Waals surface area contributed by atoms with Crippen LogP contribution in [0.2, 0.25) is 0 Å². The summed E-state index contributed by atoms with van der Waals surface area (Å²) < 4.78 is 10.9. The summed E-state index contributed by atoms with van der Waals surface area (Å²) >= 11 is 0. The van der Waals surface area contributed by atoms with Gasteiger partial charge in [0.05, 0.1) is 6.10 Å². The third kappa shape index (κ3) is 2.34. The van der Waals surface area contributed by atoms with Crippen LogP contribution in [0.4, 0.5) is 0 Å². The van der Waals surface area contributed by atoms with Gasteiger partial charge in [-0.2, -0.15) is 0 Å². The first-order valence-corrected chi connectivity index (χ1v) is 5.57. The molecule has 0 aromatic rings. The van der Waals surface area contributed by atoms with E-state index in [1.165, 1.54) is 12.8 Å². The molecule has 2 aliphatic rings. The molecule has 0 saturated heterocycles. The Morgan fingerprint density at radius 3 is 2.71 bits per heavy atom. The second kappa shape index (κ2) is 4.41. The molecule has 0 N–H and O–H groups in total. The van der Waals surface area contributed by atoms with Gasteiger partial charge in [-0.15, -0.1) is 0 Å². The molecular weight excluding hydrogens is 180 g/mol. The lowest BCUT2D eigenvalue weighted by molar-refractivity contribution is -0.165. The molecule has 2 atom stereocenters. The number of carbonyl (C=O) groups excluding carboxylic acids is 1. The quantitative estimate of drug-likeness (QED) is 0.649. The van der Waals surface area contributed by atoms with Gasteiger partial charge < -0.3 is 9.47 Å². The lowest BCUT2D eigenvalue weighted by Crippen LogP contribution is -2.50. The fraction of sp³-hybridized carbons (Fsp3) is 0.909. The van der Waals surface area contributed by atoms with Crippen molar-refractivity contribution in [3.63, 3.8) is 0 Å². The fourth-order valence-corrected chi connectivity index (χ4v) is 1.79. The van der Waals surface area contributed by atoms with Crippen molar-refractivity contribution in [3.8, 4) is 0 Å². The molecule has 14 heavy (non-hydrogen) atoms. The third-order valence-corrected chi connectivity index (χ3v) is 2.96. The molecule has 2 unspecified atom stereocenters. The second-order valence-electron chi connectivity index (χ2n) is 4.19. The molecular formula is C11H18O3. The number of hydrogen-bond donors (Lipinski definition) is 0. The van der Waals surface area contributed by atoms with E-state index in [-0.39, 0.29) is 18.0 Å². The zero-order valence-corrected chi connectivity index (χ0v) is 8.70. The molecule has 0 aromatic heterocycles. The van der Waals surface area contributed by atoms with Crippen molar-refractivity contribution < 1.29 is 14.3 Å². The highest BCUT2D eigenvalue weighted by Gasteiger charge is 2.41. The largest absolute Gasteiger partial charge is 0.375 e. The van der Waals surface area contributed by atoms with Crippen LogP contribution in [0.3, 0.4) is 0 Å². The van der Waals surface area contributed by atoms with Gasteiger partial charge in [-0.05, 0) is 19.3 Å². The van der Waals surface area contributed by atoms with E-state index in [1.54, 1.807) is 0 Å². The normalized spacial score (nSPS) is 31.6. The van der Waals surface area contributed by atoms with Crippen molar-refractivity contribution in [2.24, 2.45) is 5.92 Å². The van der Waals surface area contributed by atoms with Crippen molar-refractivity contribution in [3.05, 3.63) is 0 Å². The van der Waals surface area contributed by atoms with Crippen LogP contribution in [0.15, 0.2) is 0 Å². The number of rotatable bonds is 6. The number of ether oxygens (including phenoxy) is 2. The molecule has 3 heteroatoms. The van der Waals surface area contributed by atoms with Crippen LogP contribution < -0.4 is 0 Å². The molecule has 0 spiro atoms. The van der Waals surface area contributed by atoms with E-state index >= 15 is 0 Å². The first-order chi connectivity index (χ1) is 6.81. The van der Waals surface area contributed by atoms with E-state index in [0.29, 0.717) is 13.0 Å². The lowest BCUT2D eigenvalue weighted by Gasteiger charge is -2.34. The maximum absolute atomic E-state index is 11.1. The van der Waals surface area contributed by atoms with Gasteiger partial charge in [-0.1, -0.05) is 12.8 Å². The van der Waals surface area contributed by atoms with Gasteiger partial charge in [0.25, 0.3) is 0 Å². The number of Topliss-reactive ketones (excluding diaryl/α,β-unsaturated/α-hetero) is 1. The van der Waals surface area contributed by atoms with Gasteiger partial charge in [0, 0.05) is 19.6 Å². The van der Waals surface area contributed by atoms with Crippen molar-refractivity contribution in [1.82, 2.24) is 0 Å². The smallest absolute Gasteiger partial charge is 0.166 e. The van der Waals surface area contributed by atoms with Crippen LogP contribution in [-0.2, 0) is 14.3 Å². The van der Waals surface area contributed by atoms with Crippen molar-refractivity contribution in [2.45, 2.75) is 44.8 Å². The summed E-state index contributed by atoms with van der Waals surface area (Å²) in [5, 5.41) is 0. The van der Waals surface area contributed by atoms with Crippen LogP contribution in [0.5, 0.6) is 0 Å². The minimum atomic E-state index is -0.265. The van der Waals surface area contributed by atoms with Gasteiger partial charge in [-0.3, -0.25) is 4.79 Å². The van der Waals surface area contributed by atoms with E-state index < -0.39 is 0 Å². The second-order valence-corrected chi connectivity index (χ2v) is 4.19. The standard InChI is InChI=1S/C11H18O3/c1-2-13-11-9(12)7-10(11)14-6-5-8-3-4-8/h8,10-11H,2-7H2,1H3. The molecule has 3 nitrogen and oxygen atoms in total.